The van der Waals surface area contributed by atoms with Gasteiger partial charge in [0.25, 0.3) is 5.91 Å². The molecule has 0 spiro atoms. The number of carbonyl (C=O) groups excluding carboxylic acids is 3. The fraction of sp³-hybridized carbons (Fsp3) is 0.550. The van der Waals surface area contributed by atoms with Crippen LogP contribution < -0.4 is 4.90 Å². The molecule has 2 aliphatic heterocycles. The molecule has 4 rings (SSSR count). The van der Waals surface area contributed by atoms with Crippen molar-refractivity contribution in [1.82, 2.24) is 9.80 Å². The van der Waals surface area contributed by atoms with Crippen molar-refractivity contribution in [3.8, 4) is 0 Å². The SMILES string of the molecule is CN1C(=O)CCc2cc(C(=O)N3CCN(C(=O)C4CCC4)CC3)ccc21. The van der Waals surface area contributed by atoms with E-state index in [1.807, 2.05) is 28.0 Å². The Hall–Kier alpha value is -2.37. The second-order valence-corrected chi connectivity index (χ2v) is 7.54. The molecular formula is C20H25N3O3. The summed E-state index contributed by atoms with van der Waals surface area (Å²) in [5.41, 5.74) is 2.62. The Labute approximate surface area is 153 Å². The summed E-state index contributed by atoms with van der Waals surface area (Å²) < 4.78 is 0. The van der Waals surface area contributed by atoms with Crippen LogP contribution in [0.5, 0.6) is 0 Å². The van der Waals surface area contributed by atoms with Crippen molar-refractivity contribution in [3.63, 3.8) is 0 Å². The molecule has 0 radical (unpaired) electrons. The summed E-state index contributed by atoms with van der Waals surface area (Å²) in [5.74, 6) is 0.620. The van der Waals surface area contributed by atoms with Crippen LogP contribution in [0.25, 0.3) is 0 Å². The number of hydrogen-bond donors (Lipinski definition) is 0. The van der Waals surface area contributed by atoms with E-state index in [2.05, 4.69) is 0 Å². The molecule has 2 fully saturated rings. The van der Waals surface area contributed by atoms with Crippen molar-refractivity contribution in [3.05, 3.63) is 29.3 Å². The molecule has 1 aromatic carbocycles. The fourth-order valence-electron chi connectivity index (χ4n) is 4.02. The minimum atomic E-state index is 0.0168. The van der Waals surface area contributed by atoms with E-state index in [9.17, 15) is 14.4 Å². The van der Waals surface area contributed by atoms with Gasteiger partial charge in [0, 0.05) is 56.8 Å². The maximum atomic E-state index is 12.9. The van der Waals surface area contributed by atoms with Crippen LogP contribution in [-0.2, 0) is 16.0 Å². The minimum absolute atomic E-state index is 0.0168. The van der Waals surface area contributed by atoms with Gasteiger partial charge < -0.3 is 14.7 Å². The molecule has 0 unspecified atom stereocenters. The molecule has 0 aromatic heterocycles. The molecule has 3 amide bonds. The van der Waals surface area contributed by atoms with E-state index < -0.39 is 0 Å². The Morgan fingerprint density at radius 2 is 1.69 bits per heavy atom. The predicted molar refractivity (Wildman–Crippen MR) is 98.0 cm³/mol. The van der Waals surface area contributed by atoms with Crippen molar-refractivity contribution >= 4 is 23.4 Å². The highest BCUT2D eigenvalue weighted by Crippen LogP contribution is 2.29. The summed E-state index contributed by atoms with van der Waals surface area (Å²) in [7, 11) is 1.78. The summed E-state index contributed by atoms with van der Waals surface area (Å²) >= 11 is 0. The smallest absolute Gasteiger partial charge is 0.253 e. The monoisotopic (exact) mass is 355 g/mol. The summed E-state index contributed by atoms with van der Waals surface area (Å²) in [6.45, 7) is 2.44. The van der Waals surface area contributed by atoms with Gasteiger partial charge in [-0.1, -0.05) is 6.42 Å². The van der Waals surface area contributed by atoms with Crippen LogP contribution in [0.1, 0.15) is 41.6 Å². The molecule has 6 nitrogen and oxygen atoms in total. The average Bonchev–Trinajstić information content (AvgIpc) is 2.62. The number of amides is 3. The van der Waals surface area contributed by atoms with Gasteiger partial charge in [0.15, 0.2) is 0 Å². The maximum Gasteiger partial charge on any atom is 0.253 e. The van der Waals surface area contributed by atoms with E-state index in [0.29, 0.717) is 44.6 Å². The van der Waals surface area contributed by atoms with Crippen molar-refractivity contribution in [2.75, 3.05) is 38.1 Å². The quantitative estimate of drug-likeness (QED) is 0.811. The van der Waals surface area contributed by atoms with Crippen LogP contribution in [0.2, 0.25) is 0 Å². The highest BCUT2D eigenvalue weighted by molar-refractivity contribution is 5.99. The Morgan fingerprint density at radius 1 is 1.00 bits per heavy atom. The number of hydrogen-bond acceptors (Lipinski definition) is 3. The van der Waals surface area contributed by atoms with Gasteiger partial charge in [0.05, 0.1) is 0 Å². The third-order valence-electron chi connectivity index (χ3n) is 6.00. The molecule has 1 saturated carbocycles. The van der Waals surface area contributed by atoms with Gasteiger partial charge in [-0.2, -0.15) is 0 Å². The van der Waals surface area contributed by atoms with Crippen LogP contribution in [-0.4, -0.2) is 60.7 Å². The van der Waals surface area contributed by atoms with E-state index in [1.54, 1.807) is 11.9 Å². The largest absolute Gasteiger partial charge is 0.339 e. The van der Waals surface area contributed by atoms with E-state index in [0.717, 1.165) is 30.5 Å². The fourth-order valence-corrected chi connectivity index (χ4v) is 4.02. The van der Waals surface area contributed by atoms with Crippen molar-refractivity contribution < 1.29 is 14.4 Å². The Kier molecular flexibility index (Phi) is 4.42. The second-order valence-electron chi connectivity index (χ2n) is 7.54. The lowest BCUT2D eigenvalue weighted by Crippen LogP contribution is -2.52. The second kappa shape index (κ2) is 6.74. The third-order valence-corrected chi connectivity index (χ3v) is 6.00. The number of anilines is 1. The molecule has 1 aromatic rings. The predicted octanol–water partition coefficient (Wildman–Crippen LogP) is 1.68. The number of carbonyl (C=O) groups is 3. The summed E-state index contributed by atoms with van der Waals surface area (Å²) in [4.78, 5) is 42.4. The Balaban J connectivity index is 1.41. The molecule has 26 heavy (non-hydrogen) atoms. The summed E-state index contributed by atoms with van der Waals surface area (Å²) in [6, 6.07) is 5.60. The van der Waals surface area contributed by atoms with Gasteiger partial charge >= 0.3 is 0 Å². The summed E-state index contributed by atoms with van der Waals surface area (Å²) in [5, 5.41) is 0. The van der Waals surface area contributed by atoms with E-state index in [-0.39, 0.29) is 23.6 Å². The molecule has 6 heteroatoms. The van der Waals surface area contributed by atoms with Crippen LogP contribution >= 0.6 is 0 Å². The van der Waals surface area contributed by atoms with Gasteiger partial charge in [0.1, 0.15) is 0 Å². The lowest BCUT2D eigenvalue weighted by Gasteiger charge is -2.38. The zero-order chi connectivity index (χ0) is 18.3. The minimum Gasteiger partial charge on any atom is -0.339 e. The molecule has 0 atom stereocenters. The first kappa shape index (κ1) is 17.1. The van der Waals surface area contributed by atoms with Crippen LogP contribution in [0.15, 0.2) is 18.2 Å². The first-order valence-electron chi connectivity index (χ1n) is 9.52. The first-order valence-corrected chi connectivity index (χ1v) is 9.52. The molecule has 138 valence electrons. The standard InChI is InChI=1S/C20H25N3O3/c1-21-17-7-5-16(13-15(17)6-8-18(21)24)20(26)23-11-9-22(10-12-23)19(25)14-3-2-4-14/h5,7,13-14H,2-4,6,8-12H2,1H3. The third kappa shape index (κ3) is 2.97. The average molecular weight is 355 g/mol. The molecular weight excluding hydrogens is 330 g/mol. The van der Waals surface area contributed by atoms with E-state index in [1.165, 1.54) is 0 Å². The van der Waals surface area contributed by atoms with Gasteiger partial charge in [0.2, 0.25) is 11.8 Å². The van der Waals surface area contributed by atoms with Gasteiger partial charge in [-0.3, -0.25) is 14.4 Å². The zero-order valence-corrected chi connectivity index (χ0v) is 15.2. The van der Waals surface area contributed by atoms with Crippen molar-refractivity contribution in [1.29, 1.82) is 0 Å². The molecule has 3 aliphatic rings. The highest BCUT2D eigenvalue weighted by Gasteiger charge is 2.32. The number of rotatable bonds is 2. The zero-order valence-electron chi connectivity index (χ0n) is 15.2. The van der Waals surface area contributed by atoms with Gasteiger partial charge in [-0.05, 0) is 43.0 Å². The topological polar surface area (TPSA) is 60.9 Å². The van der Waals surface area contributed by atoms with Crippen LogP contribution in [0, 0.1) is 5.92 Å². The number of benzene rings is 1. The van der Waals surface area contributed by atoms with Crippen LogP contribution in [0.4, 0.5) is 5.69 Å². The number of nitrogens with zero attached hydrogens (tertiary/aromatic N) is 3. The lowest BCUT2D eigenvalue weighted by molar-refractivity contribution is -0.139. The molecule has 0 bridgehead atoms. The number of fused-ring (bicyclic) bond motifs is 1. The summed E-state index contributed by atoms with van der Waals surface area (Å²) in [6.07, 6.45) is 4.37. The van der Waals surface area contributed by atoms with E-state index >= 15 is 0 Å². The highest BCUT2D eigenvalue weighted by atomic mass is 16.2. The Bertz CT molecular complexity index is 749. The maximum absolute atomic E-state index is 12.9. The van der Waals surface area contributed by atoms with Crippen LogP contribution in [0.3, 0.4) is 0 Å². The molecule has 1 aliphatic carbocycles. The number of aryl methyl sites for hydroxylation is 1. The molecule has 0 N–H and O–H groups in total. The van der Waals surface area contributed by atoms with Gasteiger partial charge in [-0.25, -0.2) is 0 Å². The molecule has 2 heterocycles. The van der Waals surface area contributed by atoms with Gasteiger partial charge in [-0.15, -0.1) is 0 Å². The number of piperazine rings is 1. The lowest BCUT2D eigenvalue weighted by atomic mass is 9.84. The molecule has 1 saturated heterocycles. The van der Waals surface area contributed by atoms with Crippen molar-refractivity contribution in [2.45, 2.75) is 32.1 Å². The Morgan fingerprint density at radius 3 is 2.35 bits per heavy atom. The normalized spacial score (nSPS) is 20.7. The van der Waals surface area contributed by atoms with E-state index in [4.69, 9.17) is 0 Å². The first-order chi connectivity index (χ1) is 12.5. The van der Waals surface area contributed by atoms with Crippen molar-refractivity contribution in [2.24, 2.45) is 5.92 Å².